The molecule has 0 aliphatic carbocycles. The van der Waals surface area contributed by atoms with E-state index in [1.165, 1.54) is 9.88 Å². The third kappa shape index (κ3) is 3.42. The molecule has 1 aromatic heterocycles. The van der Waals surface area contributed by atoms with Gasteiger partial charge in [-0.2, -0.15) is 0 Å². The second kappa shape index (κ2) is 5.32. The monoisotopic (exact) mass is 200 g/mol. The lowest BCUT2D eigenvalue weighted by Gasteiger charge is -1.98. The number of hydrogen-bond acceptors (Lipinski definition) is 4. The standard InChI is InChI=1S/C9H16N2OS/c1-7-8(2)13-9(11-7)3-4-10-5-6-12/h10,12H,3-6H2,1-2H3. The van der Waals surface area contributed by atoms with Gasteiger partial charge in [0.25, 0.3) is 0 Å². The van der Waals surface area contributed by atoms with Crippen LogP contribution in [-0.2, 0) is 6.42 Å². The molecule has 2 N–H and O–H groups in total. The van der Waals surface area contributed by atoms with Gasteiger partial charge in [0, 0.05) is 24.4 Å². The molecule has 0 fully saturated rings. The van der Waals surface area contributed by atoms with Crippen molar-refractivity contribution in [3.63, 3.8) is 0 Å². The summed E-state index contributed by atoms with van der Waals surface area (Å²) < 4.78 is 0. The van der Waals surface area contributed by atoms with Crippen molar-refractivity contribution in [3.8, 4) is 0 Å². The molecule has 0 unspecified atom stereocenters. The Morgan fingerprint density at radius 1 is 1.38 bits per heavy atom. The van der Waals surface area contributed by atoms with Crippen LogP contribution in [0.2, 0.25) is 0 Å². The summed E-state index contributed by atoms with van der Waals surface area (Å²) >= 11 is 1.76. The van der Waals surface area contributed by atoms with E-state index in [1.54, 1.807) is 11.3 Å². The molecule has 0 aliphatic rings. The highest BCUT2D eigenvalue weighted by atomic mass is 32.1. The van der Waals surface area contributed by atoms with Gasteiger partial charge in [-0.3, -0.25) is 0 Å². The number of nitrogens with one attached hydrogen (secondary N) is 1. The summed E-state index contributed by atoms with van der Waals surface area (Å²) in [5.74, 6) is 0. The largest absolute Gasteiger partial charge is 0.395 e. The maximum absolute atomic E-state index is 8.54. The lowest BCUT2D eigenvalue weighted by molar-refractivity contribution is 0.293. The van der Waals surface area contributed by atoms with Crippen LogP contribution < -0.4 is 5.32 Å². The smallest absolute Gasteiger partial charge is 0.0943 e. The molecule has 0 radical (unpaired) electrons. The number of aromatic nitrogens is 1. The lowest BCUT2D eigenvalue weighted by Crippen LogP contribution is -2.20. The fourth-order valence-corrected chi connectivity index (χ4v) is 1.98. The summed E-state index contributed by atoms with van der Waals surface area (Å²) in [7, 11) is 0. The van der Waals surface area contributed by atoms with E-state index in [9.17, 15) is 0 Å². The lowest BCUT2D eigenvalue weighted by atomic mass is 10.4. The number of nitrogens with zero attached hydrogens (tertiary/aromatic N) is 1. The minimum absolute atomic E-state index is 0.204. The summed E-state index contributed by atoms with van der Waals surface area (Å²) in [4.78, 5) is 5.73. The molecule has 0 bridgehead atoms. The van der Waals surface area contributed by atoms with E-state index in [-0.39, 0.29) is 6.61 Å². The number of rotatable bonds is 5. The Labute approximate surface area is 82.8 Å². The summed E-state index contributed by atoms with van der Waals surface area (Å²) in [6, 6.07) is 0. The van der Waals surface area contributed by atoms with Gasteiger partial charge in [-0.05, 0) is 13.8 Å². The van der Waals surface area contributed by atoms with Crippen LogP contribution in [0.5, 0.6) is 0 Å². The Morgan fingerprint density at radius 3 is 2.69 bits per heavy atom. The number of aliphatic hydroxyl groups excluding tert-OH is 1. The molecule has 13 heavy (non-hydrogen) atoms. The van der Waals surface area contributed by atoms with Gasteiger partial charge in [0.1, 0.15) is 0 Å². The van der Waals surface area contributed by atoms with Crippen LogP contribution in [0.3, 0.4) is 0 Å². The second-order valence-corrected chi connectivity index (χ2v) is 4.26. The quantitative estimate of drug-likeness (QED) is 0.694. The highest BCUT2D eigenvalue weighted by molar-refractivity contribution is 7.11. The summed E-state index contributed by atoms with van der Waals surface area (Å²) in [5, 5.41) is 12.8. The molecule has 0 saturated carbocycles. The summed E-state index contributed by atoms with van der Waals surface area (Å²) in [6.45, 7) is 5.90. The molecule has 0 saturated heterocycles. The van der Waals surface area contributed by atoms with E-state index in [0.29, 0.717) is 6.54 Å². The molecular weight excluding hydrogens is 184 g/mol. The van der Waals surface area contributed by atoms with E-state index in [1.807, 2.05) is 6.92 Å². The van der Waals surface area contributed by atoms with Crippen molar-refractivity contribution in [2.75, 3.05) is 19.7 Å². The van der Waals surface area contributed by atoms with Gasteiger partial charge in [0.05, 0.1) is 17.3 Å². The molecule has 0 spiro atoms. The molecule has 74 valence electrons. The molecule has 0 aromatic carbocycles. The molecule has 4 heteroatoms. The van der Waals surface area contributed by atoms with Crippen LogP contribution >= 0.6 is 11.3 Å². The molecular formula is C9H16N2OS. The fourth-order valence-electron chi connectivity index (χ4n) is 1.05. The van der Waals surface area contributed by atoms with Crippen LogP contribution in [0.15, 0.2) is 0 Å². The van der Waals surface area contributed by atoms with E-state index in [2.05, 4.69) is 17.2 Å². The van der Waals surface area contributed by atoms with Gasteiger partial charge in [-0.25, -0.2) is 4.98 Å². The summed E-state index contributed by atoms with van der Waals surface area (Å²) in [5.41, 5.74) is 1.14. The first-order valence-electron chi connectivity index (χ1n) is 4.48. The zero-order valence-corrected chi connectivity index (χ0v) is 8.95. The van der Waals surface area contributed by atoms with E-state index in [0.717, 1.165) is 18.7 Å². The molecule has 0 atom stereocenters. The Balaban J connectivity index is 2.29. The number of aliphatic hydroxyl groups is 1. The normalized spacial score (nSPS) is 10.7. The van der Waals surface area contributed by atoms with Gasteiger partial charge >= 0.3 is 0 Å². The molecule has 1 aromatic rings. The fraction of sp³-hybridized carbons (Fsp3) is 0.667. The third-order valence-corrected chi connectivity index (χ3v) is 3.01. The first-order valence-corrected chi connectivity index (χ1v) is 5.30. The van der Waals surface area contributed by atoms with Crippen LogP contribution in [-0.4, -0.2) is 29.8 Å². The average molecular weight is 200 g/mol. The molecule has 3 nitrogen and oxygen atoms in total. The van der Waals surface area contributed by atoms with Gasteiger partial charge in [0.15, 0.2) is 0 Å². The van der Waals surface area contributed by atoms with Crippen molar-refractivity contribution >= 4 is 11.3 Å². The molecule has 1 heterocycles. The van der Waals surface area contributed by atoms with E-state index < -0.39 is 0 Å². The van der Waals surface area contributed by atoms with E-state index >= 15 is 0 Å². The minimum atomic E-state index is 0.204. The number of thiazole rings is 1. The Hall–Kier alpha value is -0.450. The van der Waals surface area contributed by atoms with Crippen LogP contribution in [0.1, 0.15) is 15.6 Å². The maximum Gasteiger partial charge on any atom is 0.0943 e. The zero-order chi connectivity index (χ0) is 9.68. The van der Waals surface area contributed by atoms with Gasteiger partial charge in [0.2, 0.25) is 0 Å². The summed E-state index contributed by atoms with van der Waals surface area (Å²) in [6.07, 6.45) is 0.958. The second-order valence-electron chi connectivity index (χ2n) is 2.97. The van der Waals surface area contributed by atoms with Crippen molar-refractivity contribution in [3.05, 3.63) is 15.6 Å². The molecule has 1 rings (SSSR count). The average Bonchev–Trinajstić information content (AvgIpc) is 2.41. The predicted octanol–water partition coefficient (Wildman–Crippen LogP) is 0.884. The highest BCUT2D eigenvalue weighted by Crippen LogP contribution is 2.16. The Morgan fingerprint density at radius 2 is 2.15 bits per heavy atom. The maximum atomic E-state index is 8.54. The first kappa shape index (κ1) is 10.6. The van der Waals surface area contributed by atoms with E-state index in [4.69, 9.17) is 5.11 Å². The van der Waals surface area contributed by atoms with Crippen LogP contribution in [0, 0.1) is 13.8 Å². The molecule has 0 amide bonds. The van der Waals surface area contributed by atoms with Gasteiger partial charge < -0.3 is 10.4 Å². The van der Waals surface area contributed by atoms with Crippen molar-refractivity contribution in [2.24, 2.45) is 0 Å². The topological polar surface area (TPSA) is 45.2 Å². The van der Waals surface area contributed by atoms with Crippen LogP contribution in [0.25, 0.3) is 0 Å². The SMILES string of the molecule is Cc1nc(CCNCCO)sc1C. The highest BCUT2D eigenvalue weighted by Gasteiger charge is 2.02. The number of hydrogen-bond donors (Lipinski definition) is 2. The Kier molecular flexibility index (Phi) is 4.35. The van der Waals surface area contributed by atoms with Gasteiger partial charge in [-0.1, -0.05) is 0 Å². The third-order valence-electron chi connectivity index (χ3n) is 1.88. The van der Waals surface area contributed by atoms with Crippen molar-refractivity contribution in [1.82, 2.24) is 10.3 Å². The van der Waals surface area contributed by atoms with Crippen molar-refractivity contribution in [1.29, 1.82) is 0 Å². The minimum Gasteiger partial charge on any atom is -0.395 e. The van der Waals surface area contributed by atoms with Crippen molar-refractivity contribution < 1.29 is 5.11 Å². The molecule has 0 aliphatic heterocycles. The number of aryl methyl sites for hydroxylation is 2. The zero-order valence-electron chi connectivity index (χ0n) is 8.13. The van der Waals surface area contributed by atoms with Gasteiger partial charge in [-0.15, -0.1) is 11.3 Å². The predicted molar refractivity (Wildman–Crippen MR) is 55.2 cm³/mol. The van der Waals surface area contributed by atoms with Crippen LogP contribution in [0.4, 0.5) is 0 Å². The van der Waals surface area contributed by atoms with Crippen molar-refractivity contribution in [2.45, 2.75) is 20.3 Å². The Bertz CT molecular complexity index is 241. The first-order chi connectivity index (χ1) is 6.24.